The van der Waals surface area contributed by atoms with E-state index >= 15 is 0 Å². The zero-order chi connectivity index (χ0) is 13.8. The van der Waals surface area contributed by atoms with Crippen LogP contribution < -0.4 is 5.32 Å². The number of amides is 1. The fourth-order valence-electron chi connectivity index (χ4n) is 1.81. The van der Waals surface area contributed by atoms with Gasteiger partial charge >= 0.3 is 0 Å². The molecule has 2 aromatic rings. The Kier molecular flexibility index (Phi) is 3.99. The molecule has 0 radical (unpaired) electrons. The average Bonchev–Trinajstić information content (AvgIpc) is 2.93. The highest BCUT2D eigenvalue weighted by Crippen LogP contribution is 2.04. The van der Waals surface area contributed by atoms with Crippen LogP contribution in [0.5, 0.6) is 0 Å². The van der Waals surface area contributed by atoms with Crippen molar-refractivity contribution in [2.45, 2.75) is 33.4 Å². The van der Waals surface area contributed by atoms with Crippen molar-refractivity contribution >= 4 is 5.91 Å². The summed E-state index contributed by atoms with van der Waals surface area (Å²) in [5, 5.41) is 11.2. The Bertz CT molecular complexity index is 569. The van der Waals surface area contributed by atoms with Gasteiger partial charge < -0.3 is 5.32 Å². The van der Waals surface area contributed by atoms with Gasteiger partial charge in [0.05, 0.1) is 12.4 Å². The van der Waals surface area contributed by atoms with Gasteiger partial charge in [-0.1, -0.05) is 0 Å². The summed E-state index contributed by atoms with van der Waals surface area (Å²) in [5.74, 6) is 0.0245. The van der Waals surface area contributed by atoms with Gasteiger partial charge in [0.15, 0.2) is 0 Å². The first kappa shape index (κ1) is 13.3. The molecule has 0 spiro atoms. The number of nitrogens with zero attached hydrogens (tertiary/aromatic N) is 4. The van der Waals surface area contributed by atoms with E-state index in [4.69, 9.17) is 0 Å². The second-order valence-electron chi connectivity index (χ2n) is 4.69. The lowest BCUT2D eigenvalue weighted by Crippen LogP contribution is -2.24. The van der Waals surface area contributed by atoms with Crippen LogP contribution in [-0.2, 0) is 24.9 Å². The predicted octanol–water partition coefficient (Wildman–Crippen LogP) is 0.940. The maximum atomic E-state index is 11.7. The molecule has 1 amide bonds. The van der Waals surface area contributed by atoms with Crippen LogP contribution in [0.1, 0.15) is 23.2 Å². The van der Waals surface area contributed by atoms with E-state index in [9.17, 15) is 4.79 Å². The van der Waals surface area contributed by atoms with Crippen LogP contribution in [0.2, 0.25) is 0 Å². The smallest absolute Gasteiger partial charge is 0.222 e. The molecule has 0 saturated heterocycles. The average molecular weight is 261 g/mol. The maximum Gasteiger partial charge on any atom is 0.222 e. The second kappa shape index (κ2) is 5.69. The summed E-state index contributed by atoms with van der Waals surface area (Å²) in [5.41, 5.74) is 3.22. The van der Waals surface area contributed by atoms with Crippen molar-refractivity contribution < 1.29 is 4.79 Å². The first-order valence-electron chi connectivity index (χ1n) is 6.29. The summed E-state index contributed by atoms with van der Waals surface area (Å²) in [4.78, 5) is 11.7. The molecule has 2 heterocycles. The van der Waals surface area contributed by atoms with Gasteiger partial charge in [0, 0.05) is 44.0 Å². The minimum Gasteiger partial charge on any atom is -0.352 e. The number of carbonyl (C=O) groups is 1. The first-order chi connectivity index (χ1) is 9.06. The van der Waals surface area contributed by atoms with Crippen LogP contribution in [0.3, 0.4) is 0 Å². The summed E-state index contributed by atoms with van der Waals surface area (Å²) in [6.45, 7) is 5.10. The molecular formula is C13H19N5O. The molecule has 2 aromatic heterocycles. The van der Waals surface area contributed by atoms with Crippen LogP contribution in [-0.4, -0.2) is 25.5 Å². The molecule has 0 aliphatic carbocycles. The molecule has 6 nitrogen and oxygen atoms in total. The number of carbonyl (C=O) groups excluding carboxylic acids is 1. The standard InChI is InChI=1S/C13H19N5O/c1-10-6-16-18(9-10)5-4-13(19)14-7-12-8-15-17(3)11(12)2/h6,8-9H,4-5,7H2,1-3H3,(H,14,19). The van der Waals surface area contributed by atoms with E-state index in [1.54, 1.807) is 21.8 Å². The van der Waals surface area contributed by atoms with Crippen molar-refractivity contribution in [3.8, 4) is 0 Å². The molecule has 0 saturated carbocycles. The molecule has 0 unspecified atom stereocenters. The van der Waals surface area contributed by atoms with Crippen molar-refractivity contribution in [3.05, 3.63) is 35.4 Å². The van der Waals surface area contributed by atoms with Crippen molar-refractivity contribution in [3.63, 3.8) is 0 Å². The Morgan fingerprint density at radius 1 is 1.32 bits per heavy atom. The van der Waals surface area contributed by atoms with E-state index in [2.05, 4.69) is 15.5 Å². The third kappa shape index (κ3) is 3.43. The number of rotatable bonds is 5. The quantitative estimate of drug-likeness (QED) is 0.871. The highest BCUT2D eigenvalue weighted by Gasteiger charge is 2.06. The van der Waals surface area contributed by atoms with Crippen LogP contribution in [0.25, 0.3) is 0 Å². The normalized spacial score (nSPS) is 10.7. The van der Waals surface area contributed by atoms with Crippen LogP contribution in [0.4, 0.5) is 0 Å². The van der Waals surface area contributed by atoms with E-state index in [1.165, 1.54) is 0 Å². The molecule has 6 heteroatoms. The summed E-state index contributed by atoms with van der Waals surface area (Å²) in [6.07, 6.45) is 5.93. The summed E-state index contributed by atoms with van der Waals surface area (Å²) in [6, 6.07) is 0. The zero-order valence-electron chi connectivity index (χ0n) is 11.6. The fourth-order valence-corrected chi connectivity index (χ4v) is 1.81. The van der Waals surface area contributed by atoms with E-state index < -0.39 is 0 Å². The molecular weight excluding hydrogens is 242 g/mol. The van der Waals surface area contributed by atoms with E-state index in [0.717, 1.165) is 16.8 Å². The molecule has 2 rings (SSSR count). The largest absolute Gasteiger partial charge is 0.352 e. The Labute approximate surface area is 112 Å². The van der Waals surface area contributed by atoms with Crippen LogP contribution in [0, 0.1) is 13.8 Å². The molecule has 0 atom stereocenters. The summed E-state index contributed by atoms with van der Waals surface area (Å²) in [7, 11) is 1.89. The number of aromatic nitrogens is 4. The molecule has 1 N–H and O–H groups in total. The van der Waals surface area contributed by atoms with Gasteiger partial charge in [-0.15, -0.1) is 0 Å². The Morgan fingerprint density at radius 3 is 2.68 bits per heavy atom. The second-order valence-corrected chi connectivity index (χ2v) is 4.69. The lowest BCUT2D eigenvalue weighted by Gasteiger charge is -2.05. The van der Waals surface area contributed by atoms with Crippen LogP contribution >= 0.6 is 0 Å². The third-order valence-electron chi connectivity index (χ3n) is 3.14. The van der Waals surface area contributed by atoms with Gasteiger partial charge in [-0.25, -0.2) is 0 Å². The monoisotopic (exact) mass is 261 g/mol. The van der Waals surface area contributed by atoms with E-state index in [0.29, 0.717) is 19.5 Å². The molecule has 0 aliphatic heterocycles. The third-order valence-corrected chi connectivity index (χ3v) is 3.14. The topological polar surface area (TPSA) is 64.7 Å². The summed E-state index contributed by atoms with van der Waals surface area (Å²) >= 11 is 0. The molecule has 0 fully saturated rings. The highest BCUT2D eigenvalue weighted by molar-refractivity contribution is 5.75. The maximum absolute atomic E-state index is 11.7. The van der Waals surface area contributed by atoms with Crippen molar-refractivity contribution in [2.24, 2.45) is 7.05 Å². The van der Waals surface area contributed by atoms with E-state index in [-0.39, 0.29) is 5.91 Å². The Hall–Kier alpha value is -2.11. The zero-order valence-corrected chi connectivity index (χ0v) is 11.6. The molecule has 102 valence electrons. The SMILES string of the molecule is Cc1cnn(CCC(=O)NCc2cnn(C)c2C)c1. The van der Waals surface area contributed by atoms with Gasteiger partial charge in [0.1, 0.15) is 0 Å². The van der Waals surface area contributed by atoms with Gasteiger partial charge in [0.25, 0.3) is 0 Å². The van der Waals surface area contributed by atoms with Gasteiger partial charge in [-0.2, -0.15) is 10.2 Å². The van der Waals surface area contributed by atoms with Crippen LogP contribution in [0.15, 0.2) is 18.6 Å². The van der Waals surface area contributed by atoms with Crippen molar-refractivity contribution in [2.75, 3.05) is 0 Å². The fraction of sp³-hybridized carbons (Fsp3) is 0.462. The number of aryl methyl sites for hydroxylation is 3. The molecule has 0 bridgehead atoms. The Morgan fingerprint density at radius 2 is 2.11 bits per heavy atom. The molecule has 0 aromatic carbocycles. The predicted molar refractivity (Wildman–Crippen MR) is 71.4 cm³/mol. The van der Waals surface area contributed by atoms with Crippen molar-refractivity contribution in [1.82, 2.24) is 24.9 Å². The Balaban J connectivity index is 1.77. The van der Waals surface area contributed by atoms with Gasteiger partial charge in [-0.3, -0.25) is 14.2 Å². The lowest BCUT2D eigenvalue weighted by atomic mass is 10.2. The minimum atomic E-state index is 0.0245. The van der Waals surface area contributed by atoms with Crippen molar-refractivity contribution in [1.29, 1.82) is 0 Å². The number of hydrogen-bond donors (Lipinski definition) is 1. The minimum absolute atomic E-state index is 0.0245. The first-order valence-corrected chi connectivity index (χ1v) is 6.29. The van der Waals surface area contributed by atoms with E-state index in [1.807, 2.05) is 27.1 Å². The van der Waals surface area contributed by atoms with Gasteiger partial charge in [-0.05, 0) is 19.4 Å². The molecule has 19 heavy (non-hydrogen) atoms. The van der Waals surface area contributed by atoms with Gasteiger partial charge in [0.2, 0.25) is 5.91 Å². The number of nitrogens with one attached hydrogen (secondary N) is 1. The number of hydrogen-bond acceptors (Lipinski definition) is 3. The molecule has 0 aliphatic rings. The summed E-state index contributed by atoms with van der Waals surface area (Å²) < 4.78 is 3.58. The highest BCUT2D eigenvalue weighted by atomic mass is 16.1. The lowest BCUT2D eigenvalue weighted by molar-refractivity contribution is -0.121.